The average Bonchev–Trinajstić information content (AvgIpc) is 3.01. The molecule has 0 unspecified atom stereocenters. The third-order valence-electron chi connectivity index (χ3n) is 4.55. The van der Waals surface area contributed by atoms with E-state index in [0.717, 1.165) is 22.6 Å². The van der Waals surface area contributed by atoms with Gasteiger partial charge >= 0.3 is 6.09 Å². The Bertz CT molecular complexity index is 1120. The fraction of sp³-hybridized carbons (Fsp3) is 0.240. The van der Waals surface area contributed by atoms with Crippen LogP contribution in [-0.4, -0.2) is 27.4 Å². The Hall–Kier alpha value is -3.87. The van der Waals surface area contributed by atoms with Crippen LogP contribution in [0.15, 0.2) is 60.7 Å². The van der Waals surface area contributed by atoms with Gasteiger partial charge in [0, 0.05) is 28.7 Å². The quantitative estimate of drug-likeness (QED) is 0.522. The monoisotopic (exact) mass is 432 g/mol. The minimum Gasteiger partial charge on any atom is -0.444 e. The third-order valence-corrected chi connectivity index (χ3v) is 4.55. The second-order valence-corrected chi connectivity index (χ2v) is 8.36. The highest BCUT2D eigenvalue weighted by Gasteiger charge is 2.16. The number of rotatable bonds is 5. The van der Waals surface area contributed by atoms with E-state index in [1.54, 1.807) is 51.1 Å². The van der Waals surface area contributed by atoms with Crippen LogP contribution in [0.4, 0.5) is 16.2 Å². The molecule has 0 aliphatic carbocycles. The van der Waals surface area contributed by atoms with Crippen molar-refractivity contribution in [2.75, 3.05) is 10.6 Å². The van der Waals surface area contributed by atoms with Crippen LogP contribution in [0, 0.1) is 13.8 Å². The van der Waals surface area contributed by atoms with Gasteiger partial charge in [-0.15, -0.1) is 0 Å². The maximum Gasteiger partial charge on any atom is 0.412 e. The molecule has 1 aromatic heterocycles. The van der Waals surface area contributed by atoms with E-state index in [2.05, 4.69) is 15.7 Å². The molecule has 2 N–H and O–H groups in total. The number of carbonyl (C=O) groups excluding carboxylic acids is 2. The number of benzene rings is 2. The smallest absolute Gasteiger partial charge is 0.412 e. The zero-order valence-electron chi connectivity index (χ0n) is 19.0. The van der Waals surface area contributed by atoms with E-state index in [9.17, 15) is 9.59 Å². The molecule has 166 valence electrons. The van der Waals surface area contributed by atoms with E-state index in [1.165, 1.54) is 6.08 Å². The number of carbonyl (C=O) groups is 2. The Morgan fingerprint density at radius 3 is 2.12 bits per heavy atom. The first kappa shape index (κ1) is 22.8. The molecule has 3 rings (SSSR count). The zero-order valence-corrected chi connectivity index (χ0v) is 19.0. The van der Waals surface area contributed by atoms with Crippen molar-refractivity contribution in [3.63, 3.8) is 0 Å². The lowest BCUT2D eigenvalue weighted by atomic mass is 10.2. The number of aromatic nitrogens is 2. The maximum absolute atomic E-state index is 12.4. The number of hydrogen-bond acceptors (Lipinski definition) is 4. The van der Waals surface area contributed by atoms with Crippen molar-refractivity contribution in [2.45, 2.75) is 40.2 Å². The van der Waals surface area contributed by atoms with Gasteiger partial charge in [0.15, 0.2) is 0 Å². The highest BCUT2D eigenvalue weighted by atomic mass is 16.6. The first-order chi connectivity index (χ1) is 15.1. The van der Waals surface area contributed by atoms with Gasteiger partial charge in [0.2, 0.25) is 5.91 Å². The fourth-order valence-corrected chi connectivity index (χ4v) is 3.12. The topological polar surface area (TPSA) is 85.3 Å². The Morgan fingerprint density at radius 2 is 1.53 bits per heavy atom. The molecule has 0 spiro atoms. The number of ether oxygens (including phenoxy) is 1. The standard InChI is InChI=1S/C25H28N4O3/c1-17-22(18(2)29(28-17)21-9-7-6-8-10-21)15-16-23(30)26-19-11-13-20(14-12-19)27-24(31)32-25(3,4)5/h6-16H,1-5H3,(H,26,30)(H,27,31)/b16-15+. The molecule has 7 nitrogen and oxygen atoms in total. The Labute approximate surface area is 188 Å². The van der Waals surface area contributed by atoms with Crippen LogP contribution in [0.2, 0.25) is 0 Å². The van der Waals surface area contributed by atoms with Crippen LogP contribution in [0.1, 0.15) is 37.7 Å². The SMILES string of the molecule is Cc1nn(-c2ccccc2)c(C)c1/C=C/C(=O)Nc1ccc(NC(=O)OC(C)(C)C)cc1. The molecule has 0 aliphatic rings. The summed E-state index contributed by atoms with van der Waals surface area (Å²) in [4.78, 5) is 24.2. The molecule has 0 radical (unpaired) electrons. The van der Waals surface area contributed by atoms with Crippen molar-refractivity contribution in [3.05, 3.63) is 77.6 Å². The fourth-order valence-electron chi connectivity index (χ4n) is 3.12. The van der Waals surface area contributed by atoms with Crippen LogP contribution in [-0.2, 0) is 9.53 Å². The van der Waals surface area contributed by atoms with Gasteiger partial charge in [-0.2, -0.15) is 5.10 Å². The summed E-state index contributed by atoms with van der Waals surface area (Å²) in [5.74, 6) is -0.260. The molecular weight excluding hydrogens is 404 g/mol. The second-order valence-electron chi connectivity index (χ2n) is 8.36. The van der Waals surface area contributed by atoms with Crippen LogP contribution < -0.4 is 10.6 Å². The Morgan fingerprint density at radius 1 is 0.938 bits per heavy atom. The van der Waals surface area contributed by atoms with Gasteiger partial charge in [-0.25, -0.2) is 9.48 Å². The lowest BCUT2D eigenvalue weighted by Gasteiger charge is -2.19. The van der Waals surface area contributed by atoms with Gasteiger partial charge in [-0.3, -0.25) is 10.1 Å². The van der Waals surface area contributed by atoms with Crippen molar-refractivity contribution in [2.24, 2.45) is 0 Å². The van der Waals surface area contributed by atoms with Crippen molar-refractivity contribution in [1.29, 1.82) is 0 Å². The Kier molecular flexibility index (Phi) is 6.78. The molecule has 0 fully saturated rings. The maximum atomic E-state index is 12.4. The lowest BCUT2D eigenvalue weighted by Crippen LogP contribution is -2.27. The van der Waals surface area contributed by atoms with Crippen LogP contribution in [0.25, 0.3) is 11.8 Å². The van der Waals surface area contributed by atoms with Crippen molar-refractivity contribution >= 4 is 29.5 Å². The molecule has 0 saturated heterocycles. The molecule has 7 heteroatoms. The van der Waals surface area contributed by atoms with Gasteiger partial charge in [0.1, 0.15) is 5.60 Å². The number of nitrogens with zero attached hydrogens (tertiary/aromatic N) is 2. The van der Waals surface area contributed by atoms with Crippen LogP contribution >= 0.6 is 0 Å². The zero-order chi connectivity index (χ0) is 23.3. The van der Waals surface area contributed by atoms with Gasteiger partial charge in [-0.05, 0) is 77.1 Å². The van der Waals surface area contributed by atoms with Crippen molar-refractivity contribution in [3.8, 4) is 5.69 Å². The predicted octanol–water partition coefficient (Wildman–Crippen LogP) is 5.49. The number of aryl methyl sites for hydroxylation is 1. The summed E-state index contributed by atoms with van der Waals surface area (Å²) in [7, 11) is 0. The Balaban J connectivity index is 1.63. The molecule has 3 aromatic rings. The number of amides is 2. The van der Waals surface area contributed by atoms with E-state index in [4.69, 9.17) is 4.74 Å². The summed E-state index contributed by atoms with van der Waals surface area (Å²) in [6.45, 7) is 9.29. The summed E-state index contributed by atoms with van der Waals surface area (Å²) in [6.07, 6.45) is 2.73. The minimum atomic E-state index is -0.571. The lowest BCUT2D eigenvalue weighted by molar-refractivity contribution is -0.111. The number of nitrogens with one attached hydrogen (secondary N) is 2. The molecule has 2 aromatic carbocycles. The highest BCUT2D eigenvalue weighted by Crippen LogP contribution is 2.20. The number of hydrogen-bond donors (Lipinski definition) is 2. The molecule has 1 heterocycles. The predicted molar refractivity (Wildman–Crippen MR) is 127 cm³/mol. The summed E-state index contributed by atoms with van der Waals surface area (Å²) in [5, 5.41) is 10.1. The van der Waals surface area contributed by atoms with Gasteiger partial charge < -0.3 is 10.1 Å². The molecular formula is C25H28N4O3. The van der Waals surface area contributed by atoms with E-state index in [0.29, 0.717) is 11.4 Å². The van der Waals surface area contributed by atoms with Gasteiger partial charge in [0.05, 0.1) is 11.4 Å². The van der Waals surface area contributed by atoms with E-state index < -0.39 is 11.7 Å². The van der Waals surface area contributed by atoms with Gasteiger partial charge in [-0.1, -0.05) is 18.2 Å². The summed E-state index contributed by atoms with van der Waals surface area (Å²) in [5.41, 5.74) is 4.29. The molecule has 0 atom stereocenters. The van der Waals surface area contributed by atoms with E-state index in [-0.39, 0.29) is 5.91 Å². The minimum absolute atomic E-state index is 0.260. The first-order valence-corrected chi connectivity index (χ1v) is 10.3. The molecule has 0 saturated carbocycles. The van der Waals surface area contributed by atoms with Crippen molar-refractivity contribution < 1.29 is 14.3 Å². The number of anilines is 2. The third kappa shape index (κ3) is 6.07. The van der Waals surface area contributed by atoms with Crippen molar-refractivity contribution in [1.82, 2.24) is 9.78 Å². The first-order valence-electron chi connectivity index (χ1n) is 10.3. The average molecular weight is 433 g/mol. The van der Waals surface area contributed by atoms with E-state index in [1.807, 2.05) is 48.9 Å². The van der Waals surface area contributed by atoms with Crippen LogP contribution in [0.5, 0.6) is 0 Å². The van der Waals surface area contributed by atoms with Crippen LogP contribution in [0.3, 0.4) is 0 Å². The largest absolute Gasteiger partial charge is 0.444 e. The normalized spacial score (nSPS) is 11.4. The molecule has 2 amide bonds. The molecule has 0 aliphatic heterocycles. The summed E-state index contributed by atoms with van der Waals surface area (Å²) >= 11 is 0. The van der Waals surface area contributed by atoms with Gasteiger partial charge in [0.25, 0.3) is 0 Å². The molecule has 32 heavy (non-hydrogen) atoms. The second kappa shape index (κ2) is 9.51. The summed E-state index contributed by atoms with van der Waals surface area (Å²) in [6, 6.07) is 16.7. The summed E-state index contributed by atoms with van der Waals surface area (Å²) < 4.78 is 7.09. The highest BCUT2D eigenvalue weighted by molar-refractivity contribution is 6.02. The molecule has 0 bridgehead atoms. The number of para-hydroxylation sites is 1. The van der Waals surface area contributed by atoms with E-state index >= 15 is 0 Å².